The highest BCUT2D eigenvalue weighted by molar-refractivity contribution is 5.09. The van der Waals surface area contributed by atoms with Crippen molar-refractivity contribution < 1.29 is 4.74 Å². The maximum Gasteiger partial charge on any atom is 0.239 e. The van der Waals surface area contributed by atoms with Crippen molar-refractivity contribution in [3.05, 3.63) is 6.33 Å². The Morgan fingerprint density at radius 1 is 1.82 bits per heavy atom. The summed E-state index contributed by atoms with van der Waals surface area (Å²) in [7, 11) is 1.66. The molecule has 1 unspecified atom stereocenters. The topological polar surface area (TPSA) is 66.0 Å². The number of anilines is 1. The second kappa shape index (κ2) is 3.34. The van der Waals surface area contributed by atoms with Crippen LogP contribution in [0.25, 0.3) is 0 Å². The number of rotatable bonds is 3. The number of hydrogen-bond donors (Lipinski definition) is 1. The molecule has 0 saturated heterocycles. The lowest BCUT2D eigenvalue weighted by molar-refractivity contribution is 0.0998. The predicted molar refractivity (Wildman–Crippen MR) is 40.9 cm³/mol. The average Bonchev–Trinajstić information content (AvgIpc) is 2.35. The van der Waals surface area contributed by atoms with Gasteiger partial charge >= 0.3 is 0 Å². The molecule has 1 heterocycles. The Bertz CT molecular complexity index is 222. The smallest absolute Gasteiger partial charge is 0.239 e. The number of methoxy groups -OCH3 is 1. The summed E-state index contributed by atoms with van der Waals surface area (Å²) in [4.78, 5) is 3.78. The third-order valence-electron chi connectivity index (χ3n) is 1.40. The van der Waals surface area contributed by atoms with Crippen LogP contribution in [0.5, 0.6) is 0 Å². The van der Waals surface area contributed by atoms with Gasteiger partial charge in [-0.15, -0.1) is 5.10 Å². The highest BCUT2D eigenvalue weighted by atomic mass is 16.5. The molecular weight excluding hydrogens is 144 g/mol. The van der Waals surface area contributed by atoms with Gasteiger partial charge in [-0.05, 0) is 6.92 Å². The summed E-state index contributed by atoms with van der Waals surface area (Å²) in [6, 6.07) is 0. The second-order valence-electron chi connectivity index (χ2n) is 2.37. The van der Waals surface area contributed by atoms with Crippen LogP contribution < -0.4 is 5.73 Å². The van der Waals surface area contributed by atoms with Crippen LogP contribution >= 0.6 is 0 Å². The fraction of sp³-hybridized carbons (Fsp3) is 0.667. The molecule has 0 fully saturated rings. The van der Waals surface area contributed by atoms with Crippen molar-refractivity contribution in [2.75, 3.05) is 12.8 Å². The first-order valence-corrected chi connectivity index (χ1v) is 3.40. The molecule has 0 aliphatic rings. The fourth-order valence-electron chi connectivity index (χ4n) is 0.735. The molecule has 1 atom stereocenters. The molecule has 0 saturated carbocycles. The summed E-state index contributed by atoms with van der Waals surface area (Å²) in [5.41, 5.74) is 5.31. The van der Waals surface area contributed by atoms with Crippen molar-refractivity contribution in [2.45, 2.75) is 19.6 Å². The van der Waals surface area contributed by atoms with Crippen LogP contribution in [0.15, 0.2) is 6.33 Å². The van der Waals surface area contributed by atoms with E-state index in [-0.39, 0.29) is 6.10 Å². The fourth-order valence-corrected chi connectivity index (χ4v) is 0.735. The summed E-state index contributed by atoms with van der Waals surface area (Å²) in [6.45, 7) is 2.64. The molecule has 2 N–H and O–H groups in total. The highest BCUT2D eigenvalue weighted by Crippen LogP contribution is 1.94. The number of ether oxygens (including phenoxy) is 1. The summed E-state index contributed by atoms with van der Waals surface area (Å²) >= 11 is 0. The van der Waals surface area contributed by atoms with Gasteiger partial charge in [-0.25, -0.2) is 9.67 Å². The molecule has 0 aliphatic carbocycles. The van der Waals surface area contributed by atoms with E-state index < -0.39 is 0 Å². The van der Waals surface area contributed by atoms with E-state index >= 15 is 0 Å². The van der Waals surface area contributed by atoms with Gasteiger partial charge in [0.05, 0.1) is 12.6 Å². The summed E-state index contributed by atoms with van der Waals surface area (Å²) in [5, 5.41) is 3.90. The Balaban J connectivity index is 2.50. The zero-order valence-corrected chi connectivity index (χ0v) is 6.69. The lowest BCUT2D eigenvalue weighted by atomic mass is 10.4. The number of nitrogens with two attached hydrogens (primary N) is 1. The Morgan fingerprint density at radius 2 is 2.55 bits per heavy atom. The number of aromatic nitrogens is 3. The predicted octanol–water partition coefficient (Wildman–Crippen LogP) is -0.105. The molecule has 1 aromatic heterocycles. The molecule has 11 heavy (non-hydrogen) atoms. The van der Waals surface area contributed by atoms with Gasteiger partial charge in [0.15, 0.2) is 0 Å². The minimum absolute atomic E-state index is 0.135. The van der Waals surface area contributed by atoms with E-state index in [1.165, 1.54) is 0 Å². The zero-order chi connectivity index (χ0) is 8.27. The normalized spacial score (nSPS) is 13.3. The van der Waals surface area contributed by atoms with Crippen molar-refractivity contribution in [3.63, 3.8) is 0 Å². The molecule has 0 amide bonds. The average molecular weight is 156 g/mol. The van der Waals surface area contributed by atoms with Crippen LogP contribution in [0.2, 0.25) is 0 Å². The molecule has 1 aromatic rings. The standard InChI is InChI=1S/C6H12N4O/c1-5(11-2)3-10-4-8-6(7)9-10/h4-5H,3H2,1-2H3,(H2,7,9). The Morgan fingerprint density at radius 3 is 3.00 bits per heavy atom. The lowest BCUT2D eigenvalue weighted by Crippen LogP contribution is -2.15. The molecule has 1 rings (SSSR count). The molecule has 0 bridgehead atoms. The molecule has 62 valence electrons. The van der Waals surface area contributed by atoms with E-state index in [0.717, 1.165) is 0 Å². The largest absolute Gasteiger partial charge is 0.380 e. The number of nitrogen functional groups attached to an aromatic ring is 1. The van der Waals surface area contributed by atoms with Crippen molar-refractivity contribution in [2.24, 2.45) is 0 Å². The minimum atomic E-state index is 0.135. The van der Waals surface area contributed by atoms with Crippen LogP contribution in [0, 0.1) is 0 Å². The van der Waals surface area contributed by atoms with Crippen molar-refractivity contribution in [1.82, 2.24) is 14.8 Å². The molecule has 0 spiro atoms. The quantitative estimate of drug-likeness (QED) is 0.663. The van der Waals surface area contributed by atoms with Gasteiger partial charge in [-0.2, -0.15) is 0 Å². The van der Waals surface area contributed by atoms with Crippen molar-refractivity contribution in [3.8, 4) is 0 Å². The lowest BCUT2D eigenvalue weighted by Gasteiger charge is -2.07. The van der Waals surface area contributed by atoms with Gasteiger partial charge in [0.1, 0.15) is 6.33 Å². The molecule has 5 heteroatoms. The second-order valence-corrected chi connectivity index (χ2v) is 2.37. The van der Waals surface area contributed by atoms with Gasteiger partial charge < -0.3 is 10.5 Å². The monoisotopic (exact) mass is 156 g/mol. The van der Waals surface area contributed by atoms with Crippen LogP contribution in [-0.2, 0) is 11.3 Å². The SMILES string of the molecule is COC(C)Cn1cnc(N)n1. The maximum absolute atomic E-state index is 5.31. The van der Waals surface area contributed by atoms with E-state index in [9.17, 15) is 0 Å². The summed E-state index contributed by atoms with van der Waals surface area (Å²) in [5.74, 6) is 0.299. The summed E-state index contributed by atoms with van der Waals surface area (Å²) < 4.78 is 6.69. The van der Waals surface area contributed by atoms with E-state index in [4.69, 9.17) is 10.5 Å². The maximum atomic E-state index is 5.31. The zero-order valence-electron chi connectivity index (χ0n) is 6.69. The summed E-state index contributed by atoms with van der Waals surface area (Å²) in [6.07, 6.45) is 1.72. The Hall–Kier alpha value is -1.10. The molecule has 0 radical (unpaired) electrons. The van der Waals surface area contributed by atoms with Crippen LogP contribution in [0.4, 0.5) is 5.95 Å². The van der Waals surface area contributed by atoms with E-state index in [2.05, 4.69) is 10.1 Å². The van der Waals surface area contributed by atoms with E-state index in [0.29, 0.717) is 12.5 Å². The minimum Gasteiger partial charge on any atom is -0.380 e. The van der Waals surface area contributed by atoms with Crippen LogP contribution in [-0.4, -0.2) is 28.0 Å². The van der Waals surface area contributed by atoms with Gasteiger partial charge in [-0.3, -0.25) is 0 Å². The van der Waals surface area contributed by atoms with Gasteiger partial charge in [-0.1, -0.05) is 0 Å². The van der Waals surface area contributed by atoms with E-state index in [1.807, 2.05) is 6.92 Å². The van der Waals surface area contributed by atoms with Gasteiger partial charge in [0, 0.05) is 7.11 Å². The van der Waals surface area contributed by atoms with Crippen LogP contribution in [0.3, 0.4) is 0 Å². The van der Waals surface area contributed by atoms with Gasteiger partial charge in [0.25, 0.3) is 0 Å². The van der Waals surface area contributed by atoms with E-state index in [1.54, 1.807) is 18.1 Å². The van der Waals surface area contributed by atoms with Crippen molar-refractivity contribution in [1.29, 1.82) is 0 Å². The first-order chi connectivity index (χ1) is 5.22. The third-order valence-corrected chi connectivity index (χ3v) is 1.40. The molecular formula is C6H12N4O. The van der Waals surface area contributed by atoms with Crippen LogP contribution in [0.1, 0.15) is 6.92 Å². The molecule has 0 aliphatic heterocycles. The number of nitrogens with zero attached hydrogens (tertiary/aromatic N) is 3. The molecule has 0 aromatic carbocycles. The highest BCUT2D eigenvalue weighted by Gasteiger charge is 2.01. The molecule has 5 nitrogen and oxygen atoms in total. The third kappa shape index (κ3) is 2.19. The Labute approximate surface area is 65.2 Å². The number of hydrogen-bond acceptors (Lipinski definition) is 4. The van der Waals surface area contributed by atoms with Gasteiger partial charge in [0.2, 0.25) is 5.95 Å². The van der Waals surface area contributed by atoms with Crippen molar-refractivity contribution >= 4 is 5.95 Å². The Kier molecular flexibility index (Phi) is 2.43. The first-order valence-electron chi connectivity index (χ1n) is 3.40. The first kappa shape index (κ1) is 8.00.